The monoisotopic (exact) mass is 558 g/mol. The summed E-state index contributed by atoms with van der Waals surface area (Å²) < 4.78 is 63.4. The number of alkyl halides is 3. The van der Waals surface area contributed by atoms with Crippen LogP contribution in [0, 0.1) is 11.2 Å². The number of carbonyl (C=O) groups is 2. The van der Waals surface area contributed by atoms with Crippen LogP contribution >= 0.6 is 0 Å². The van der Waals surface area contributed by atoms with Crippen LogP contribution in [-0.2, 0) is 19.9 Å². The fourth-order valence-electron chi connectivity index (χ4n) is 6.77. The Kier molecular flexibility index (Phi) is 7.79. The molecule has 5 nitrogen and oxygen atoms in total. The third kappa shape index (κ3) is 5.04. The van der Waals surface area contributed by atoms with E-state index in [-0.39, 0.29) is 42.7 Å². The molecule has 2 fully saturated rings. The minimum Gasteiger partial charge on any atom is -0.356 e. The number of benzene rings is 2. The van der Waals surface area contributed by atoms with E-state index in [1.807, 2.05) is 0 Å². The van der Waals surface area contributed by atoms with Gasteiger partial charge in [0.1, 0.15) is 5.82 Å². The van der Waals surface area contributed by atoms with Crippen LogP contribution in [0.4, 0.5) is 17.6 Å². The molecule has 2 aromatic carbocycles. The Bertz CT molecular complexity index is 1280. The van der Waals surface area contributed by atoms with Crippen LogP contribution in [0.5, 0.6) is 0 Å². The molecular weight excluding hydrogens is 524 g/mol. The number of halogens is 4. The average Bonchev–Trinajstić information content (AvgIpc) is 2.95. The Morgan fingerprint density at radius 1 is 1.07 bits per heavy atom. The van der Waals surface area contributed by atoms with Crippen LogP contribution in [-0.4, -0.2) is 49.6 Å². The van der Waals surface area contributed by atoms with Gasteiger partial charge in [-0.3, -0.25) is 9.59 Å². The van der Waals surface area contributed by atoms with Crippen LogP contribution in [0.3, 0.4) is 0 Å². The number of methoxy groups -OCH3 is 1. The minimum absolute atomic E-state index is 0.0514. The Morgan fingerprint density at radius 3 is 2.42 bits per heavy atom. The molecule has 2 atom stereocenters. The van der Waals surface area contributed by atoms with Crippen molar-refractivity contribution in [1.82, 2.24) is 10.2 Å². The van der Waals surface area contributed by atoms with Gasteiger partial charge in [0.2, 0.25) is 5.91 Å². The van der Waals surface area contributed by atoms with Crippen LogP contribution in [0.1, 0.15) is 67.6 Å². The highest BCUT2D eigenvalue weighted by Crippen LogP contribution is 2.50. The maximum atomic E-state index is 14.9. The van der Waals surface area contributed by atoms with Gasteiger partial charge in [0, 0.05) is 44.6 Å². The number of nitrogens with one attached hydrogen (secondary N) is 1. The number of hydrogen-bond acceptors (Lipinski definition) is 3. The normalized spacial score (nSPS) is 22.8. The molecular formula is C31H34F4N2O3. The van der Waals surface area contributed by atoms with E-state index in [9.17, 15) is 27.2 Å². The first kappa shape index (κ1) is 28.3. The van der Waals surface area contributed by atoms with Gasteiger partial charge < -0.3 is 15.0 Å². The second-order valence-corrected chi connectivity index (χ2v) is 11.2. The van der Waals surface area contributed by atoms with E-state index in [2.05, 4.69) is 11.4 Å². The van der Waals surface area contributed by atoms with Crippen molar-refractivity contribution in [2.75, 3.05) is 26.7 Å². The molecule has 214 valence electrons. The predicted molar refractivity (Wildman–Crippen MR) is 143 cm³/mol. The van der Waals surface area contributed by atoms with E-state index in [1.54, 1.807) is 24.3 Å². The number of rotatable bonds is 5. The van der Waals surface area contributed by atoms with Crippen molar-refractivity contribution >= 4 is 17.4 Å². The molecule has 1 spiro atoms. The molecule has 0 bridgehead atoms. The number of hydrogen-bond donors (Lipinski definition) is 1. The maximum Gasteiger partial charge on any atom is 0.430 e. The molecule has 1 N–H and O–H groups in total. The summed E-state index contributed by atoms with van der Waals surface area (Å²) in [5.41, 5.74) is -1.42. The predicted octanol–water partition coefficient (Wildman–Crippen LogP) is 6.10. The first-order valence-corrected chi connectivity index (χ1v) is 13.8. The van der Waals surface area contributed by atoms with Crippen molar-refractivity contribution in [1.29, 1.82) is 0 Å². The lowest BCUT2D eigenvalue weighted by molar-refractivity contribution is -0.271. The number of nitrogens with zero attached hydrogens (tertiary/aromatic N) is 1. The first-order valence-electron chi connectivity index (χ1n) is 13.8. The number of ether oxygens (including phenoxy) is 1. The summed E-state index contributed by atoms with van der Waals surface area (Å²) in [5, 5.41) is 2.87. The van der Waals surface area contributed by atoms with Crippen molar-refractivity contribution in [2.24, 2.45) is 5.41 Å². The molecule has 2 saturated heterocycles. The van der Waals surface area contributed by atoms with E-state index in [0.29, 0.717) is 24.9 Å². The highest BCUT2D eigenvalue weighted by molar-refractivity contribution is 5.88. The van der Waals surface area contributed by atoms with Crippen LogP contribution in [0.2, 0.25) is 0 Å². The van der Waals surface area contributed by atoms with Gasteiger partial charge in [-0.05, 0) is 78.8 Å². The average molecular weight is 559 g/mol. The largest absolute Gasteiger partial charge is 0.430 e. The van der Waals surface area contributed by atoms with E-state index < -0.39 is 23.1 Å². The van der Waals surface area contributed by atoms with Gasteiger partial charge in [-0.25, -0.2) is 4.39 Å². The minimum atomic E-state index is -5.01. The van der Waals surface area contributed by atoms with Gasteiger partial charge in [-0.1, -0.05) is 36.4 Å². The molecule has 2 heterocycles. The van der Waals surface area contributed by atoms with Gasteiger partial charge in [-0.15, -0.1) is 0 Å². The standard InChI is InChI=1S/C31H34F4N2O3/c1-40-30(31(33,34)35,24-9-5-8-23(18-24)21-6-3-2-4-7-21)28(39)37-16-14-29(15-17-37)19-27(38)36-20-26(29)22-10-12-25(32)13-11-22/h5-6,8-13,18,26H,2-4,7,14-17,19-20H2,1H3,(H,36,38)/t26-,30?/m0/s1. The fourth-order valence-corrected chi connectivity index (χ4v) is 6.77. The highest BCUT2D eigenvalue weighted by Gasteiger charge is 2.64. The number of piperidine rings is 2. The lowest BCUT2D eigenvalue weighted by atomic mass is 9.62. The van der Waals surface area contributed by atoms with Crippen LogP contribution in [0.25, 0.3) is 5.57 Å². The van der Waals surface area contributed by atoms with E-state index in [0.717, 1.165) is 43.9 Å². The topological polar surface area (TPSA) is 58.6 Å². The summed E-state index contributed by atoms with van der Waals surface area (Å²) in [7, 11) is 0.930. The second-order valence-electron chi connectivity index (χ2n) is 11.2. The molecule has 2 aliphatic heterocycles. The van der Waals surface area contributed by atoms with Crippen molar-refractivity contribution in [2.45, 2.75) is 62.6 Å². The number of carbonyl (C=O) groups excluding carboxylic acids is 2. The van der Waals surface area contributed by atoms with E-state index in [4.69, 9.17) is 4.74 Å². The summed E-state index contributed by atoms with van der Waals surface area (Å²) in [5.74, 6) is -1.79. The van der Waals surface area contributed by atoms with Gasteiger partial charge in [0.25, 0.3) is 11.5 Å². The maximum absolute atomic E-state index is 14.9. The number of amides is 2. The van der Waals surface area contributed by atoms with E-state index >= 15 is 0 Å². The quantitative estimate of drug-likeness (QED) is 0.452. The Balaban J connectivity index is 1.44. The SMILES string of the molecule is COC(C(=O)N1CCC2(CC1)CC(=O)NC[C@H]2c1ccc(F)cc1)(c1cccc(C2=CCCCC2)c1)C(F)(F)F. The van der Waals surface area contributed by atoms with Gasteiger partial charge >= 0.3 is 6.18 Å². The molecule has 9 heteroatoms. The van der Waals surface area contributed by atoms with Crippen LogP contribution in [0.15, 0.2) is 54.6 Å². The number of allylic oxidation sites excluding steroid dienone is 2. The smallest absolute Gasteiger partial charge is 0.356 e. The van der Waals surface area contributed by atoms with Gasteiger partial charge in [-0.2, -0.15) is 13.2 Å². The molecule has 0 aromatic heterocycles. The molecule has 0 saturated carbocycles. The second kappa shape index (κ2) is 11.0. The number of likely N-dealkylation sites (tertiary alicyclic amines) is 1. The van der Waals surface area contributed by atoms with Gasteiger partial charge in [0.05, 0.1) is 0 Å². The zero-order chi connectivity index (χ0) is 28.5. The van der Waals surface area contributed by atoms with Crippen molar-refractivity contribution in [3.05, 3.63) is 77.1 Å². The summed E-state index contributed by atoms with van der Waals surface area (Å²) >= 11 is 0. The third-order valence-corrected chi connectivity index (χ3v) is 9.01. The van der Waals surface area contributed by atoms with E-state index in [1.165, 1.54) is 29.2 Å². The lowest BCUT2D eigenvalue weighted by Gasteiger charge is -2.50. The van der Waals surface area contributed by atoms with Gasteiger partial charge in [0.15, 0.2) is 0 Å². The molecule has 0 radical (unpaired) electrons. The Hall–Kier alpha value is -3.20. The first-order chi connectivity index (χ1) is 19.1. The molecule has 3 aliphatic rings. The molecule has 5 rings (SSSR count). The molecule has 1 unspecified atom stereocenters. The highest BCUT2D eigenvalue weighted by atomic mass is 19.4. The molecule has 40 heavy (non-hydrogen) atoms. The summed E-state index contributed by atoms with van der Waals surface area (Å²) in [6, 6.07) is 12.2. The van der Waals surface area contributed by atoms with Crippen molar-refractivity contribution in [3.8, 4) is 0 Å². The van der Waals surface area contributed by atoms with Crippen LogP contribution < -0.4 is 5.32 Å². The van der Waals surface area contributed by atoms with Crippen molar-refractivity contribution in [3.63, 3.8) is 0 Å². The Morgan fingerprint density at radius 2 is 1.80 bits per heavy atom. The summed E-state index contributed by atoms with van der Waals surface area (Å²) in [4.78, 5) is 27.5. The molecule has 1 aliphatic carbocycles. The molecule has 2 aromatic rings. The van der Waals surface area contributed by atoms with Crippen molar-refractivity contribution < 1.29 is 31.9 Å². The molecule has 2 amide bonds. The summed E-state index contributed by atoms with van der Waals surface area (Å²) in [6.07, 6.45) is 1.60. The zero-order valence-corrected chi connectivity index (χ0v) is 22.5. The Labute approximate surface area is 231 Å². The lowest BCUT2D eigenvalue weighted by Crippen LogP contribution is -2.60. The fraction of sp³-hybridized carbons (Fsp3) is 0.484. The third-order valence-electron chi connectivity index (χ3n) is 9.01. The summed E-state index contributed by atoms with van der Waals surface area (Å²) in [6.45, 7) is 0.456. The zero-order valence-electron chi connectivity index (χ0n) is 22.5.